The van der Waals surface area contributed by atoms with Gasteiger partial charge in [-0.15, -0.1) is 0 Å². The zero-order chi connectivity index (χ0) is 19.9. The molecule has 2 aromatic rings. The number of sulfonamides is 1. The van der Waals surface area contributed by atoms with E-state index in [1.54, 1.807) is 38.4 Å². The Balaban J connectivity index is 1.92. The molecule has 1 aromatic heterocycles. The van der Waals surface area contributed by atoms with Crippen molar-refractivity contribution in [3.63, 3.8) is 0 Å². The topological polar surface area (TPSA) is 106 Å². The minimum Gasteiger partial charge on any atom is -0.468 e. The first-order valence-corrected chi connectivity index (χ1v) is 9.43. The Morgan fingerprint density at radius 2 is 1.89 bits per heavy atom. The van der Waals surface area contributed by atoms with Crippen LogP contribution in [0.3, 0.4) is 0 Å². The van der Waals surface area contributed by atoms with E-state index in [9.17, 15) is 18.0 Å². The fourth-order valence-corrected chi connectivity index (χ4v) is 2.89. The number of carbonyl (C=O) groups excluding carboxylic acids is 2. The standard InChI is InChI=1S/C18H20N2O6S/c1-20(2)17(21)13-26-18(22)10-7-14-5-8-16(9-6-14)27(23,24)19-12-15-4-3-11-25-15/h3-11,19H,12-13H2,1-2H3/b10-7+. The SMILES string of the molecule is CN(C)C(=O)COC(=O)/C=C/c1ccc(S(=O)(=O)NCc2ccco2)cc1. The van der Waals surface area contributed by atoms with Crippen molar-refractivity contribution in [2.24, 2.45) is 0 Å². The molecule has 27 heavy (non-hydrogen) atoms. The molecule has 9 heteroatoms. The van der Waals surface area contributed by atoms with Crippen molar-refractivity contribution in [1.82, 2.24) is 9.62 Å². The van der Waals surface area contributed by atoms with Gasteiger partial charge in [0.25, 0.3) is 5.91 Å². The Labute approximate surface area is 157 Å². The molecule has 8 nitrogen and oxygen atoms in total. The van der Waals surface area contributed by atoms with Crippen LogP contribution in [0.2, 0.25) is 0 Å². The van der Waals surface area contributed by atoms with Crippen LogP contribution in [-0.2, 0) is 30.9 Å². The van der Waals surface area contributed by atoms with Gasteiger partial charge in [0.15, 0.2) is 6.61 Å². The average molecular weight is 392 g/mol. The molecule has 0 spiro atoms. The summed E-state index contributed by atoms with van der Waals surface area (Å²) in [7, 11) is -0.557. The second-order valence-electron chi connectivity index (χ2n) is 5.70. The monoisotopic (exact) mass is 392 g/mol. The van der Waals surface area contributed by atoms with Crippen molar-refractivity contribution in [3.8, 4) is 0 Å². The summed E-state index contributed by atoms with van der Waals surface area (Å²) in [5, 5.41) is 0. The summed E-state index contributed by atoms with van der Waals surface area (Å²) in [5.74, 6) is -0.486. The number of ether oxygens (including phenoxy) is 1. The van der Waals surface area contributed by atoms with E-state index in [-0.39, 0.29) is 24.0 Å². The van der Waals surface area contributed by atoms with Gasteiger partial charge in [-0.1, -0.05) is 12.1 Å². The van der Waals surface area contributed by atoms with Crippen molar-refractivity contribution >= 4 is 28.0 Å². The summed E-state index contributed by atoms with van der Waals surface area (Å²) in [4.78, 5) is 24.3. The molecule has 144 valence electrons. The van der Waals surface area contributed by atoms with Crippen LogP contribution in [0.25, 0.3) is 6.08 Å². The van der Waals surface area contributed by atoms with Crippen LogP contribution in [-0.4, -0.2) is 45.9 Å². The highest BCUT2D eigenvalue weighted by Gasteiger charge is 2.14. The van der Waals surface area contributed by atoms with Crippen LogP contribution < -0.4 is 4.72 Å². The maximum Gasteiger partial charge on any atom is 0.331 e. The van der Waals surface area contributed by atoms with Crippen LogP contribution >= 0.6 is 0 Å². The molecule has 0 aliphatic carbocycles. The molecule has 0 unspecified atom stereocenters. The summed E-state index contributed by atoms with van der Waals surface area (Å²) in [5.41, 5.74) is 0.607. The molecule has 0 atom stereocenters. The first kappa shape index (κ1) is 20.4. The summed E-state index contributed by atoms with van der Waals surface area (Å²) in [6.45, 7) is -0.289. The molecule has 0 saturated carbocycles. The predicted molar refractivity (Wildman–Crippen MR) is 97.9 cm³/mol. The second kappa shape index (κ2) is 9.15. The lowest BCUT2D eigenvalue weighted by molar-refractivity contribution is -0.146. The summed E-state index contributed by atoms with van der Waals surface area (Å²) in [6.07, 6.45) is 4.10. The van der Waals surface area contributed by atoms with Gasteiger partial charge in [-0.3, -0.25) is 4.79 Å². The molecule has 0 saturated heterocycles. The Bertz CT molecular complexity index is 900. The van der Waals surface area contributed by atoms with Gasteiger partial charge in [0.2, 0.25) is 10.0 Å². The smallest absolute Gasteiger partial charge is 0.331 e. The fraction of sp³-hybridized carbons (Fsp3) is 0.222. The zero-order valence-corrected chi connectivity index (χ0v) is 15.7. The normalized spacial score (nSPS) is 11.5. The van der Waals surface area contributed by atoms with Gasteiger partial charge in [-0.05, 0) is 35.9 Å². The number of nitrogens with one attached hydrogen (secondary N) is 1. The minimum atomic E-state index is -3.68. The lowest BCUT2D eigenvalue weighted by atomic mass is 10.2. The molecule has 1 aromatic carbocycles. The number of esters is 1. The molecule has 0 fully saturated rings. The van der Waals surface area contributed by atoms with E-state index >= 15 is 0 Å². The summed E-state index contributed by atoms with van der Waals surface area (Å²) in [6, 6.07) is 9.29. The van der Waals surface area contributed by atoms with E-state index in [1.807, 2.05) is 0 Å². The van der Waals surface area contributed by atoms with Crippen LogP contribution in [0.15, 0.2) is 58.1 Å². The number of carbonyl (C=O) groups is 2. The van der Waals surface area contributed by atoms with Crippen LogP contribution in [0.5, 0.6) is 0 Å². The number of furan rings is 1. The highest BCUT2D eigenvalue weighted by Crippen LogP contribution is 2.12. The van der Waals surface area contributed by atoms with Crippen molar-refractivity contribution in [2.45, 2.75) is 11.4 Å². The minimum absolute atomic E-state index is 0.0501. The van der Waals surface area contributed by atoms with E-state index in [0.717, 1.165) is 0 Å². The molecule has 1 heterocycles. The van der Waals surface area contributed by atoms with Gasteiger partial charge < -0.3 is 14.1 Å². The lowest BCUT2D eigenvalue weighted by Crippen LogP contribution is -2.27. The first-order chi connectivity index (χ1) is 12.8. The summed E-state index contributed by atoms with van der Waals surface area (Å²) >= 11 is 0. The Morgan fingerprint density at radius 3 is 2.48 bits per heavy atom. The van der Waals surface area contributed by atoms with E-state index < -0.39 is 16.0 Å². The maximum absolute atomic E-state index is 12.2. The van der Waals surface area contributed by atoms with Crippen molar-refractivity contribution in [1.29, 1.82) is 0 Å². The number of rotatable bonds is 8. The van der Waals surface area contributed by atoms with Gasteiger partial charge in [-0.2, -0.15) is 0 Å². The number of benzene rings is 1. The van der Waals surface area contributed by atoms with Crippen molar-refractivity contribution in [2.75, 3.05) is 20.7 Å². The third-order valence-corrected chi connectivity index (χ3v) is 4.87. The number of amides is 1. The number of nitrogens with zero attached hydrogens (tertiary/aromatic N) is 1. The average Bonchev–Trinajstić information content (AvgIpc) is 3.16. The molecular formula is C18H20N2O6S. The molecule has 0 radical (unpaired) electrons. The highest BCUT2D eigenvalue weighted by atomic mass is 32.2. The fourth-order valence-electron chi connectivity index (χ4n) is 1.90. The third-order valence-electron chi connectivity index (χ3n) is 3.46. The Hall–Kier alpha value is -2.91. The molecule has 0 bridgehead atoms. The number of likely N-dealkylation sites (N-methyl/N-ethyl adjacent to an activating group) is 1. The largest absolute Gasteiger partial charge is 0.468 e. The van der Waals surface area contributed by atoms with Crippen LogP contribution in [0.1, 0.15) is 11.3 Å². The number of hydrogen-bond donors (Lipinski definition) is 1. The predicted octanol–water partition coefficient (Wildman–Crippen LogP) is 1.40. The van der Waals surface area contributed by atoms with Gasteiger partial charge in [0.05, 0.1) is 17.7 Å². The van der Waals surface area contributed by atoms with Gasteiger partial charge in [-0.25, -0.2) is 17.9 Å². The van der Waals surface area contributed by atoms with Crippen LogP contribution in [0, 0.1) is 0 Å². The number of hydrogen-bond acceptors (Lipinski definition) is 6. The van der Waals surface area contributed by atoms with Crippen molar-refractivity contribution in [3.05, 3.63) is 60.1 Å². The highest BCUT2D eigenvalue weighted by molar-refractivity contribution is 7.89. The molecule has 1 amide bonds. The van der Waals surface area contributed by atoms with Gasteiger partial charge in [0.1, 0.15) is 5.76 Å². The molecular weight excluding hydrogens is 372 g/mol. The molecule has 0 aliphatic heterocycles. The van der Waals surface area contributed by atoms with E-state index in [4.69, 9.17) is 9.15 Å². The second-order valence-corrected chi connectivity index (χ2v) is 7.47. The van der Waals surface area contributed by atoms with Crippen molar-refractivity contribution < 1.29 is 27.2 Å². The van der Waals surface area contributed by atoms with E-state index in [0.29, 0.717) is 11.3 Å². The maximum atomic E-state index is 12.2. The molecule has 1 N–H and O–H groups in total. The quantitative estimate of drug-likeness (QED) is 0.538. The van der Waals surface area contributed by atoms with E-state index in [1.165, 1.54) is 35.4 Å². The Kier molecular flexibility index (Phi) is 6.91. The van der Waals surface area contributed by atoms with Crippen LogP contribution in [0.4, 0.5) is 0 Å². The van der Waals surface area contributed by atoms with E-state index in [2.05, 4.69) is 4.72 Å². The molecule has 2 rings (SSSR count). The Morgan fingerprint density at radius 1 is 1.19 bits per heavy atom. The lowest BCUT2D eigenvalue weighted by Gasteiger charge is -2.09. The summed E-state index contributed by atoms with van der Waals surface area (Å²) < 4.78 is 36.8. The van der Waals surface area contributed by atoms with Gasteiger partial charge >= 0.3 is 5.97 Å². The first-order valence-electron chi connectivity index (χ1n) is 7.95. The zero-order valence-electron chi connectivity index (χ0n) is 14.9. The molecule has 0 aliphatic rings. The third kappa shape index (κ3) is 6.39. The van der Waals surface area contributed by atoms with Gasteiger partial charge in [0, 0.05) is 20.2 Å².